The van der Waals surface area contributed by atoms with Gasteiger partial charge < -0.3 is 14.2 Å². The predicted molar refractivity (Wildman–Crippen MR) is 166 cm³/mol. The minimum absolute atomic E-state index is 0.210. The first-order chi connectivity index (χ1) is 21.0. The number of fused-ring (bicyclic) bond motifs is 3. The fourth-order valence-corrected chi connectivity index (χ4v) is 6.18. The van der Waals surface area contributed by atoms with Crippen LogP contribution in [0.5, 0.6) is 11.5 Å². The Morgan fingerprint density at radius 1 is 1.07 bits per heavy atom. The first-order valence-corrected chi connectivity index (χ1v) is 14.9. The molecule has 238 valence electrons. The molecular formula is C34H34ClF3N2O5. The van der Waals surface area contributed by atoms with Crippen LogP contribution in [0.3, 0.4) is 0 Å². The lowest BCUT2D eigenvalue weighted by atomic mass is 9.80. The molecule has 7 nitrogen and oxygen atoms in total. The van der Waals surface area contributed by atoms with E-state index in [4.69, 9.17) is 30.8 Å². The molecule has 0 atom stereocenters. The lowest BCUT2D eigenvalue weighted by Gasteiger charge is -2.32. The highest BCUT2D eigenvalue weighted by molar-refractivity contribution is 6.30. The van der Waals surface area contributed by atoms with Gasteiger partial charge in [-0.15, -0.1) is 0 Å². The van der Waals surface area contributed by atoms with Crippen LogP contribution < -0.4 is 14.4 Å². The van der Waals surface area contributed by atoms with Crippen molar-refractivity contribution in [3.8, 4) is 11.5 Å². The third kappa shape index (κ3) is 6.52. The van der Waals surface area contributed by atoms with Gasteiger partial charge in [-0.3, -0.25) is 14.7 Å². The van der Waals surface area contributed by atoms with Crippen LogP contribution in [0, 0.1) is 0 Å². The van der Waals surface area contributed by atoms with Crippen molar-refractivity contribution in [1.29, 1.82) is 0 Å². The van der Waals surface area contributed by atoms with Crippen molar-refractivity contribution in [3.05, 3.63) is 86.9 Å². The first-order valence-electron chi connectivity index (χ1n) is 14.5. The van der Waals surface area contributed by atoms with Crippen LogP contribution in [-0.4, -0.2) is 48.6 Å². The number of halogens is 4. The Morgan fingerprint density at radius 3 is 2.44 bits per heavy atom. The molecule has 11 heteroatoms. The van der Waals surface area contributed by atoms with Crippen molar-refractivity contribution in [3.63, 3.8) is 0 Å². The number of hydrogen-bond acceptors (Lipinski definition) is 6. The zero-order valence-electron chi connectivity index (χ0n) is 25.9. The maximum Gasteiger partial charge on any atom is 0.471 e. The van der Waals surface area contributed by atoms with E-state index < -0.39 is 35.7 Å². The summed E-state index contributed by atoms with van der Waals surface area (Å²) in [7, 11) is 1.12. The Kier molecular flexibility index (Phi) is 8.42. The van der Waals surface area contributed by atoms with E-state index in [9.17, 15) is 22.8 Å². The molecule has 0 spiro atoms. The molecule has 0 saturated heterocycles. The summed E-state index contributed by atoms with van der Waals surface area (Å²) in [6.45, 7) is 9.70. The second-order valence-electron chi connectivity index (χ2n) is 12.4. The van der Waals surface area contributed by atoms with Crippen LogP contribution in [-0.2, 0) is 28.9 Å². The van der Waals surface area contributed by atoms with Crippen LogP contribution in [0.15, 0.2) is 53.5 Å². The Labute approximate surface area is 264 Å². The number of methoxy groups -OCH3 is 1. The van der Waals surface area contributed by atoms with Crippen molar-refractivity contribution in [1.82, 2.24) is 0 Å². The average Bonchev–Trinajstić information content (AvgIpc) is 3.28. The number of benzene rings is 3. The highest BCUT2D eigenvalue weighted by atomic mass is 35.5. The summed E-state index contributed by atoms with van der Waals surface area (Å²) in [5.41, 5.74) is 2.32. The molecule has 3 aromatic carbocycles. The third-order valence-electron chi connectivity index (χ3n) is 7.67. The number of aliphatic imine (C=N–C) groups is 1. The summed E-state index contributed by atoms with van der Waals surface area (Å²) >= 11 is 6.11. The zero-order chi connectivity index (χ0) is 32.9. The summed E-state index contributed by atoms with van der Waals surface area (Å²) in [5, 5.41) is 0.287. The molecular weight excluding hydrogens is 609 g/mol. The van der Waals surface area contributed by atoms with Crippen LogP contribution in [0.25, 0.3) is 0 Å². The van der Waals surface area contributed by atoms with Gasteiger partial charge in [-0.05, 0) is 82.5 Å². The summed E-state index contributed by atoms with van der Waals surface area (Å²) in [6, 6.07) is 12.5. The van der Waals surface area contributed by atoms with E-state index >= 15 is 0 Å². The molecule has 2 aliphatic rings. The number of carbonyl (C=O) groups excluding carboxylic acids is 2. The van der Waals surface area contributed by atoms with Gasteiger partial charge in [-0.1, -0.05) is 29.8 Å². The fraction of sp³-hybridized carbons (Fsp3) is 0.382. The minimum Gasteiger partial charge on any atom is -0.490 e. The summed E-state index contributed by atoms with van der Waals surface area (Å²) in [6.07, 6.45) is -4.11. The Balaban J connectivity index is 1.75. The number of alkyl halides is 3. The second-order valence-corrected chi connectivity index (χ2v) is 12.8. The molecule has 5 rings (SSSR count). The molecule has 0 aromatic heterocycles. The molecule has 0 aliphatic carbocycles. The molecule has 0 fully saturated rings. The zero-order valence-corrected chi connectivity index (χ0v) is 26.7. The standard InChI is InChI=1S/C34H34ClF3N2O5/c1-7-44-26-15-21-16-32(2,3)39-28(27(21)24-17-33(4,5)45-29(24)26)20-11-12-23(30(41)43-6)25(14-20)40(31(42)34(36,37)38)18-19-9-8-10-22(35)13-19/h8-15H,7,16-18H2,1-6H3. The Morgan fingerprint density at radius 2 is 1.80 bits per heavy atom. The van der Waals surface area contributed by atoms with E-state index in [0.717, 1.165) is 23.8 Å². The van der Waals surface area contributed by atoms with Gasteiger partial charge in [0.05, 0.1) is 42.8 Å². The molecule has 2 aliphatic heterocycles. The second kappa shape index (κ2) is 11.7. The predicted octanol–water partition coefficient (Wildman–Crippen LogP) is 7.51. The number of ether oxygens (including phenoxy) is 3. The summed E-state index contributed by atoms with van der Waals surface area (Å²) < 4.78 is 59.4. The average molecular weight is 643 g/mol. The molecule has 0 unspecified atom stereocenters. The number of esters is 1. The molecule has 0 N–H and O–H groups in total. The molecule has 3 aromatic rings. The highest BCUT2D eigenvalue weighted by Crippen LogP contribution is 2.48. The van der Waals surface area contributed by atoms with Crippen molar-refractivity contribution in [2.24, 2.45) is 4.99 Å². The normalized spacial score (nSPS) is 16.2. The van der Waals surface area contributed by atoms with Gasteiger partial charge >= 0.3 is 18.1 Å². The van der Waals surface area contributed by atoms with Crippen molar-refractivity contribution >= 4 is 34.9 Å². The lowest BCUT2D eigenvalue weighted by molar-refractivity contribution is -0.170. The number of nitrogens with zero attached hydrogens (tertiary/aromatic N) is 2. The highest BCUT2D eigenvalue weighted by Gasteiger charge is 2.45. The van der Waals surface area contributed by atoms with Crippen molar-refractivity contribution < 1.29 is 37.0 Å². The van der Waals surface area contributed by atoms with Crippen LogP contribution in [0.1, 0.15) is 72.8 Å². The number of carbonyl (C=O) groups is 2. The van der Waals surface area contributed by atoms with E-state index in [1.807, 2.05) is 40.7 Å². The minimum atomic E-state index is -5.24. The third-order valence-corrected chi connectivity index (χ3v) is 7.90. The topological polar surface area (TPSA) is 77.4 Å². The molecule has 1 amide bonds. The van der Waals surface area contributed by atoms with Crippen LogP contribution >= 0.6 is 11.6 Å². The van der Waals surface area contributed by atoms with Gasteiger partial charge in [0.15, 0.2) is 11.5 Å². The monoisotopic (exact) mass is 642 g/mol. The summed E-state index contributed by atoms with van der Waals surface area (Å²) in [5.74, 6) is -1.81. The molecule has 2 heterocycles. The van der Waals surface area contributed by atoms with E-state index in [2.05, 4.69) is 0 Å². The van der Waals surface area contributed by atoms with Crippen molar-refractivity contribution in [2.75, 3.05) is 18.6 Å². The van der Waals surface area contributed by atoms with Crippen LogP contribution in [0.4, 0.5) is 18.9 Å². The number of rotatable bonds is 7. The number of anilines is 1. The van der Waals surface area contributed by atoms with Crippen molar-refractivity contribution in [2.45, 2.75) is 71.3 Å². The Bertz CT molecular complexity index is 1710. The van der Waals surface area contributed by atoms with E-state index in [-0.39, 0.29) is 16.3 Å². The number of hydrogen-bond donors (Lipinski definition) is 0. The van der Waals surface area contributed by atoms with Gasteiger partial charge in [0, 0.05) is 28.1 Å². The lowest BCUT2D eigenvalue weighted by Crippen LogP contribution is -2.41. The summed E-state index contributed by atoms with van der Waals surface area (Å²) in [4.78, 5) is 31.5. The van der Waals surface area contributed by atoms with Gasteiger partial charge in [-0.2, -0.15) is 13.2 Å². The van der Waals surface area contributed by atoms with Gasteiger partial charge in [-0.25, -0.2) is 4.79 Å². The SMILES string of the molecule is CCOc1cc2c(c3c1OC(C)(C)C3)C(c1ccc(C(=O)OC)c(N(Cc3cccc(Cl)c3)C(=O)C(F)(F)F)c1)=NC(C)(C)C2. The maximum absolute atomic E-state index is 14.1. The smallest absolute Gasteiger partial charge is 0.471 e. The molecule has 0 bridgehead atoms. The maximum atomic E-state index is 14.1. The van der Waals surface area contributed by atoms with Gasteiger partial charge in [0.2, 0.25) is 0 Å². The Hall–Kier alpha value is -4.05. The van der Waals surface area contributed by atoms with E-state index in [1.165, 1.54) is 18.2 Å². The van der Waals surface area contributed by atoms with Gasteiger partial charge in [0.1, 0.15) is 5.60 Å². The fourth-order valence-electron chi connectivity index (χ4n) is 5.96. The largest absolute Gasteiger partial charge is 0.490 e. The number of amides is 1. The molecule has 0 radical (unpaired) electrons. The first kappa shape index (κ1) is 32.3. The van der Waals surface area contributed by atoms with E-state index in [0.29, 0.717) is 52.7 Å². The van der Waals surface area contributed by atoms with E-state index in [1.54, 1.807) is 24.3 Å². The molecule has 45 heavy (non-hydrogen) atoms. The quantitative estimate of drug-likeness (QED) is 0.249. The van der Waals surface area contributed by atoms with Gasteiger partial charge in [0.25, 0.3) is 0 Å². The molecule has 0 saturated carbocycles. The van der Waals surface area contributed by atoms with Crippen LogP contribution in [0.2, 0.25) is 5.02 Å².